The summed E-state index contributed by atoms with van der Waals surface area (Å²) in [4.78, 5) is 18.9. The highest BCUT2D eigenvalue weighted by molar-refractivity contribution is 5.97. The van der Waals surface area contributed by atoms with Crippen LogP contribution >= 0.6 is 0 Å². The standard InChI is InChI=1S/C21H20F4N2O2/c1-29-19-16(3-2-4-17(19)22)20(28)27-15-7-8-18(27)12(10-15)9-14-6-5-13(11-26-14)21(23,24)25/h2-6,11-12,15,18H,7-10H2,1H3. The number of methoxy groups -OCH3 is 1. The van der Waals surface area contributed by atoms with E-state index in [0.29, 0.717) is 12.1 Å². The topological polar surface area (TPSA) is 42.4 Å². The molecule has 3 heterocycles. The van der Waals surface area contributed by atoms with Gasteiger partial charge in [0, 0.05) is 24.0 Å². The molecule has 0 N–H and O–H groups in total. The smallest absolute Gasteiger partial charge is 0.417 e. The van der Waals surface area contributed by atoms with Crippen molar-refractivity contribution < 1.29 is 27.1 Å². The Bertz CT molecular complexity index is 914. The number of alkyl halides is 3. The van der Waals surface area contributed by atoms with Gasteiger partial charge in [-0.2, -0.15) is 13.2 Å². The highest BCUT2D eigenvalue weighted by atomic mass is 19.4. The fraction of sp³-hybridized carbons (Fsp3) is 0.429. The molecular formula is C21H20F4N2O2. The number of benzene rings is 1. The Morgan fingerprint density at radius 2 is 2.03 bits per heavy atom. The summed E-state index contributed by atoms with van der Waals surface area (Å²) < 4.78 is 57.2. The average molecular weight is 408 g/mol. The molecule has 2 aliphatic rings. The van der Waals surface area contributed by atoms with Gasteiger partial charge in [-0.3, -0.25) is 9.78 Å². The number of nitrogens with zero attached hydrogens (tertiary/aromatic N) is 2. The molecule has 1 amide bonds. The molecule has 154 valence electrons. The second-order valence-corrected chi connectivity index (χ2v) is 7.57. The van der Waals surface area contributed by atoms with E-state index in [1.54, 1.807) is 11.0 Å². The van der Waals surface area contributed by atoms with Gasteiger partial charge in [0.05, 0.1) is 18.2 Å². The second-order valence-electron chi connectivity index (χ2n) is 7.57. The minimum atomic E-state index is -4.41. The molecule has 1 aromatic carbocycles. The molecule has 1 aromatic heterocycles. The van der Waals surface area contributed by atoms with Gasteiger partial charge >= 0.3 is 6.18 Å². The Hall–Kier alpha value is -2.64. The Morgan fingerprint density at radius 1 is 1.24 bits per heavy atom. The van der Waals surface area contributed by atoms with Crippen LogP contribution in [0, 0.1) is 11.7 Å². The first kappa shape index (κ1) is 19.7. The van der Waals surface area contributed by atoms with E-state index in [-0.39, 0.29) is 35.2 Å². The zero-order valence-corrected chi connectivity index (χ0v) is 15.7. The summed E-state index contributed by atoms with van der Waals surface area (Å²) in [5.41, 5.74) is -0.00631. The number of aromatic nitrogens is 1. The molecule has 2 fully saturated rings. The van der Waals surface area contributed by atoms with E-state index < -0.39 is 17.6 Å². The third kappa shape index (κ3) is 3.56. The number of ether oxygens (including phenoxy) is 1. The largest absolute Gasteiger partial charge is 0.493 e. The van der Waals surface area contributed by atoms with Crippen LogP contribution in [0.15, 0.2) is 36.5 Å². The summed E-state index contributed by atoms with van der Waals surface area (Å²) in [6.45, 7) is 0. The van der Waals surface area contributed by atoms with Crippen molar-refractivity contribution in [2.75, 3.05) is 7.11 Å². The van der Waals surface area contributed by atoms with Crippen LogP contribution < -0.4 is 4.74 Å². The molecule has 3 atom stereocenters. The van der Waals surface area contributed by atoms with Gasteiger partial charge in [0.2, 0.25) is 0 Å². The predicted molar refractivity (Wildman–Crippen MR) is 97.0 cm³/mol. The van der Waals surface area contributed by atoms with Crippen LogP contribution in [0.1, 0.15) is 40.9 Å². The van der Waals surface area contributed by atoms with Crippen molar-refractivity contribution in [2.24, 2.45) is 5.92 Å². The van der Waals surface area contributed by atoms with E-state index in [9.17, 15) is 22.4 Å². The Kier molecular flexibility index (Phi) is 4.96. The first-order chi connectivity index (χ1) is 13.8. The molecule has 0 saturated carbocycles. The van der Waals surface area contributed by atoms with Crippen LogP contribution in [0.3, 0.4) is 0 Å². The molecule has 4 nitrogen and oxygen atoms in total. The number of pyridine rings is 1. The zero-order valence-electron chi connectivity index (χ0n) is 15.7. The molecular weight excluding hydrogens is 388 g/mol. The van der Waals surface area contributed by atoms with E-state index in [0.717, 1.165) is 31.5 Å². The Balaban J connectivity index is 1.52. The third-order valence-corrected chi connectivity index (χ3v) is 5.92. The molecule has 0 radical (unpaired) electrons. The van der Waals surface area contributed by atoms with Crippen LogP contribution in [-0.4, -0.2) is 35.0 Å². The summed E-state index contributed by atoms with van der Waals surface area (Å²) in [5.74, 6) is -0.807. The molecule has 2 aliphatic heterocycles. The molecule has 29 heavy (non-hydrogen) atoms. The molecule has 0 spiro atoms. The number of carbonyl (C=O) groups excluding carboxylic acids is 1. The summed E-state index contributed by atoms with van der Waals surface area (Å²) in [6.07, 6.45) is -0.612. The summed E-state index contributed by atoms with van der Waals surface area (Å²) in [5, 5.41) is 0. The molecule has 2 bridgehead atoms. The Labute approximate surface area is 165 Å². The number of rotatable bonds is 4. The Morgan fingerprint density at radius 3 is 2.69 bits per heavy atom. The van der Waals surface area contributed by atoms with Crippen molar-refractivity contribution in [3.05, 3.63) is 59.2 Å². The van der Waals surface area contributed by atoms with E-state index >= 15 is 0 Å². The summed E-state index contributed by atoms with van der Waals surface area (Å²) in [7, 11) is 1.33. The van der Waals surface area contributed by atoms with E-state index in [4.69, 9.17) is 4.74 Å². The van der Waals surface area contributed by atoms with Gasteiger partial charge in [-0.25, -0.2) is 4.39 Å². The average Bonchev–Trinajstić information content (AvgIpc) is 3.24. The highest BCUT2D eigenvalue weighted by Gasteiger charge is 2.49. The normalized spacial score (nSPS) is 23.5. The SMILES string of the molecule is COc1c(F)cccc1C(=O)N1C2CCC1C(Cc1ccc(C(F)(F)F)cn1)C2. The number of carbonyl (C=O) groups is 1. The van der Waals surface area contributed by atoms with Gasteiger partial charge in [0.1, 0.15) is 0 Å². The highest BCUT2D eigenvalue weighted by Crippen LogP contribution is 2.44. The lowest BCUT2D eigenvalue weighted by Gasteiger charge is -2.25. The maximum absolute atomic E-state index is 14.0. The van der Waals surface area contributed by atoms with E-state index in [1.807, 2.05) is 0 Å². The number of para-hydroxylation sites is 1. The maximum atomic E-state index is 14.0. The monoisotopic (exact) mass is 408 g/mol. The summed E-state index contributed by atoms with van der Waals surface area (Å²) >= 11 is 0. The lowest BCUT2D eigenvalue weighted by atomic mass is 9.86. The van der Waals surface area contributed by atoms with Gasteiger partial charge in [-0.15, -0.1) is 0 Å². The lowest BCUT2D eigenvalue weighted by molar-refractivity contribution is -0.137. The van der Waals surface area contributed by atoms with Crippen LogP contribution in [-0.2, 0) is 12.6 Å². The van der Waals surface area contributed by atoms with Crippen LogP contribution in [0.5, 0.6) is 5.75 Å². The third-order valence-electron chi connectivity index (χ3n) is 5.92. The first-order valence-electron chi connectivity index (χ1n) is 9.47. The van der Waals surface area contributed by atoms with E-state index in [2.05, 4.69) is 4.98 Å². The number of fused-ring (bicyclic) bond motifs is 2. The zero-order chi connectivity index (χ0) is 20.8. The molecule has 4 rings (SSSR count). The van der Waals surface area contributed by atoms with Crippen LogP contribution in [0.2, 0.25) is 0 Å². The van der Waals surface area contributed by atoms with Crippen LogP contribution in [0.4, 0.5) is 17.6 Å². The summed E-state index contributed by atoms with van der Waals surface area (Å²) in [6, 6.07) is 6.71. The predicted octanol–water partition coefficient (Wildman–Crippen LogP) is 4.48. The number of hydrogen-bond donors (Lipinski definition) is 0. The molecule has 3 unspecified atom stereocenters. The van der Waals surface area contributed by atoms with Crippen LogP contribution in [0.25, 0.3) is 0 Å². The van der Waals surface area contributed by atoms with Crippen molar-refractivity contribution in [3.63, 3.8) is 0 Å². The fourth-order valence-electron chi connectivity index (χ4n) is 4.65. The minimum absolute atomic E-state index is 0.0374. The van der Waals surface area contributed by atoms with Gasteiger partial charge in [-0.1, -0.05) is 6.07 Å². The van der Waals surface area contributed by atoms with Gasteiger partial charge in [0.25, 0.3) is 5.91 Å². The second kappa shape index (κ2) is 7.31. The lowest BCUT2D eigenvalue weighted by Crippen LogP contribution is -2.37. The van der Waals surface area contributed by atoms with Gasteiger partial charge in [-0.05, 0) is 55.9 Å². The fourth-order valence-corrected chi connectivity index (χ4v) is 4.65. The number of amides is 1. The van der Waals surface area contributed by atoms with Crippen molar-refractivity contribution in [1.82, 2.24) is 9.88 Å². The first-order valence-corrected chi connectivity index (χ1v) is 9.47. The van der Waals surface area contributed by atoms with E-state index in [1.165, 1.54) is 25.3 Å². The van der Waals surface area contributed by atoms with Crippen molar-refractivity contribution in [2.45, 2.75) is 43.9 Å². The maximum Gasteiger partial charge on any atom is 0.417 e. The van der Waals surface area contributed by atoms with Gasteiger partial charge < -0.3 is 9.64 Å². The molecule has 2 aromatic rings. The quantitative estimate of drug-likeness (QED) is 0.701. The molecule has 2 saturated heterocycles. The number of halogens is 4. The van der Waals surface area contributed by atoms with Crippen molar-refractivity contribution >= 4 is 5.91 Å². The van der Waals surface area contributed by atoms with Crippen molar-refractivity contribution in [3.8, 4) is 5.75 Å². The minimum Gasteiger partial charge on any atom is -0.493 e. The molecule has 0 aliphatic carbocycles. The molecule has 8 heteroatoms. The van der Waals surface area contributed by atoms with Crippen molar-refractivity contribution in [1.29, 1.82) is 0 Å². The number of hydrogen-bond acceptors (Lipinski definition) is 3. The van der Waals surface area contributed by atoms with Gasteiger partial charge in [0.15, 0.2) is 11.6 Å².